The minimum atomic E-state index is -0.631. The van der Waals surface area contributed by atoms with Gasteiger partial charge in [0.2, 0.25) is 5.88 Å². The van der Waals surface area contributed by atoms with Gasteiger partial charge in [-0.1, -0.05) is 0 Å². The first kappa shape index (κ1) is 12.0. The number of ether oxygens (including phenoxy) is 1. The van der Waals surface area contributed by atoms with Gasteiger partial charge in [0.15, 0.2) is 11.6 Å². The summed E-state index contributed by atoms with van der Waals surface area (Å²) in [6, 6.07) is 4.65. The number of aryl methyl sites for hydroxylation is 1. The van der Waals surface area contributed by atoms with Crippen molar-refractivity contribution in [3.63, 3.8) is 0 Å². The second-order valence-corrected chi connectivity index (χ2v) is 4.30. The predicted octanol–water partition coefficient (Wildman–Crippen LogP) is 4.22. The molecular weight excluding hydrogens is 292 g/mol. The number of rotatable bonds is 2. The van der Waals surface area contributed by atoms with Crippen LogP contribution in [-0.4, -0.2) is 4.98 Å². The largest absolute Gasteiger partial charge is 0.436 e. The first-order valence-electron chi connectivity index (χ1n) is 4.81. The molecule has 0 fully saturated rings. The van der Waals surface area contributed by atoms with Crippen molar-refractivity contribution in [2.75, 3.05) is 0 Å². The van der Waals surface area contributed by atoms with E-state index in [1.165, 1.54) is 0 Å². The Bertz CT molecular complexity index is 560. The summed E-state index contributed by atoms with van der Waals surface area (Å²) in [4.78, 5) is 3.95. The number of halogens is 3. The fourth-order valence-electron chi connectivity index (χ4n) is 1.24. The summed E-state index contributed by atoms with van der Waals surface area (Å²) < 4.78 is 32.2. The number of hydrogen-bond acceptors (Lipinski definition) is 2. The average molecular weight is 300 g/mol. The summed E-state index contributed by atoms with van der Waals surface area (Å²) in [7, 11) is 0. The molecule has 0 aliphatic rings. The van der Waals surface area contributed by atoms with E-state index in [0.29, 0.717) is 0 Å². The number of nitrogens with zero attached hydrogens (tertiary/aromatic N) is 1. The molecule has 2 nitrogen and oxygen atoms in total. The van der Waals surface area contributed by atoms with Crippen LogP contribution >= 0.6 is 15.9 Å². The summed E-state index contributed by atoms with van der Waals surface area (Å²) >= 11 is 3.29. The van der Waals surface area contributed by atoms with Gasteiger partial charge >= 0.3 is 0 Å². The standard InChI is InChI=1S/C12H8BrF2NO/c1-7-4-12(16-6-9(7)13)17-11-5-8(14)2-3-10(11)15/h2-6H,1H3. The molecule has 0 saturated heterocycles. The lowest BCUT2D eigenvalue weighted by Crippen LogP contribution is -1.92. The van der Waals surface area contributed by atoms with Gasteiger partial charge in [-0.15, -0.1) is 0 Å². The molecule has 1 aromatic carbocycles. The van der Waals surface area contributed by atoms with Crippen molar-refractivity contribution in [3.05, 3.63) is 52.1 Å². The van der Waals surface area contributed by atoms with Crippen LogP contribution in [0.2, 0.25) is 0 Å². The highest BCUT2D eigenvalue weighted by atomic mass is 79.9. The molecular formula is C12H8BrF2NO. The Balaban J connectivity index is 2.31. The van der Waals surface area contributed by atoms with E-state index in [1.807, 2.05) is 6.92 Å². The van der Waals surface area contributed by atoms with Crippen molar-refractivity contribution in [2.45, 2.75) is 6.92 Å². The lowest BCUT2D eigenvalue weighted by molar-refractivity contribution is 0.422. The van der Waals surface area contributed by atoms with Crippen LogP contribution in [0.3, 0.4) is 0 Å². The van der Waals surface area contributed by atoms with E-state index in [1.54, 1.807) is 12.3 Å². The van der Waals surface area contributed by atoms with Gasteiger partial charge in [-0.2, -0.15) is 0 Å². The molecule has 0 radical (unpaired) electrons. The average Bonchev–Trinajstić information content (AvgIpc) is 2.29. The minimum Gasteiger partial charge on any atom is -0.436 e. The van der Waals surface area contributed by atoms with Crippen molar-refractivity contribution >= 4 is 15.9 Å². The number of pyridine rings is 1. The monoisotopic (exact) mass is 299 g/mol. The Morgan fingerprint density at radius 2 is 2.00 bits per heavy atom. The molecule has 17 heavy (non-hydrogen) atoms. The zero-order valence-corrected chi connectivity index (χ0v) is 10.5. The lowest BCUT2D eigenvalue weighted by Gasteiger charge is -2.07. The van der Waals surface area contributed by atoms with Crippen LogP contribution in [-0.2, 0) is 0 Å². The number of hydrogen-bond donors (Lipinski definition) is 0. The molecule has 0 unspecified atom stereocenters. The van der Waals surface area contributed by atoms with E-state index in [4.69, 9.17) is 4.74 Å². The molecule has 0 spiro atoms. The fraction of sp³-hybridized carbons (Fsp3) is 0.0833. The third kappa shape index (κ3) is 2.79. The minimum absolute atomic E-state index is 0.181. The van der Waals surface area contributed by atoms with Crippen LogP contribution < -0.4 is 4.74 Å². The van der Waals surface area contributed by atoms with E-state index in [9.17, 15) is 8.78 Å². The number of aromatic nitrogens is 1. The SMILES string of the molecule is Cc1cc(Oc2cc(F)ccc2F)ncc1Br. The number of benzene rings is 1. The molecule has 1 aromatic heterocycles. The predicted molar refractivity (Wildman–Crippen MR) is 63.1 cm³/mol. The maximum atomic E-state index is 13.3. The molecule has 2 aromatic rings. The van der Waals surface area contributed by atoms with Gasteiger partial charge in [-0.3, -0.25) is 0 Å². The summed E-state index contributed by atoms with van der Waals surface area (Å²) in [6.45, 7) is 1.85. The third-order valence-corrected chi connectivity index (χ3v) is 2.96. The molecule has 2 rings (SSSR count). The van der Waals surface area contributed by atoms with Crippen LogP contribution in [0, 0.1) is 18.6 Å². The Hall–Kier alpha value is -1.49. The van der Waals surface area contributed by atoms with Crippen molar-refractivity contribution in [1.82, 2.24) is 4.98 Å². The Morgan fingerprint density at radius 3 is 2.71 bits per heavy atom. The summed E-state index contributed by atoms with van der Waals surface area (Å²) in [6.07, 6.45) is 1.54. The molecule has 0 aliphatic carbocycles. The van der Waals surface area contributed by atoms with Crippen molar-refractivity contribution in [3.8, 4) is 11.6 Å². The first-order chi connectivity index (χ1) is 8.06. The Labute approximate surface area is 105 Å². The van der Waals surface area contributed by atoms with Crippen LogP contribution in [0.5, 0.6) is 11.6 Å². The van der Waals surface area contributed by atoms with E-state index in [2.05, 4.69) is 20.9 Å². The van der Waals surface area contributed by atoms with Crippen LogP contribution in [0.15, 0.2) is 34.9 Å². The molecule has 0 atom stereocenters. The van der Waals surface area contributed by atoms with E-state index in [-0.39, 0.29) is 11.6 Å². The van der Waals surface area contributed by atoms with Gasteiger partial charge in [0.1, 0.15) is 5.82 Å². The van der Waals surface area contributed by atoms with Crippen molar-refractivity contribution in [1.29, 1.82) is 0 Å². The third-order valence-electron chi connectivity index (χ3n) is 2.13. The van der Waals surface area contributed by atoms with Crippen molar-refractivity contribution < 1.29 is 13.5 Å². The zero-order chi connectivity index (χ0) is 12.4. The molecule has 88 valence electrons. The van der Waals surface area contributed by atoms with Gasteiger partial charge in [-0.25, -0.2) is 13.8 Å². The Kier molecular flexibility index (Phi) is 3.38. The molecule has 0 aliphatic heterocycles. The molecule has 1 heterocycles. The van der Waals surface area contributed by atoms with Gasteiger partial charge in [-0.05, 0) is 40.5 Å². The van der Waals surface area contributed by atoms with E-state index < -0.39 is 11.6 Å². The molecule has 0 saturated carbocycles. The highest BCUT2D eigenvalue weighted by Gasteiger charge is 2.08. The normalized spacial score (nSPS) is 10.4. The smallest absolute Gasteiger partial charge is 0.219 e. The quantitative estimate of drug-likeness (QED) is 0.828. The first-order valence-corrected chi connectivity index (χ1v) is 5.60. The summed E-state index contributed by atoms with van der Waals surface area (Å²) in [5.41, 5.74) is 0.895. The summed E-state index contributed by atoms with van der Waals surface area (Å²) in [5.74, 6) is -1.15. The van der Waals surface area contributed by atoms with Crippen LogP contribution in [0.4, 0.5) is 8.78 Å². The van der Waals surface area contributed by atoms with Gasteiger partial charge in [0.05, 0.1) is 0 Å². The fourth-order valence-corrected chi connectivity index (χ4v) is 1.45. The summed E-state index contributed by atoms with van der Waals surface area (Å²) in [5, 5.41) is 0. The Morgan fingerprint density at radius 1 is 1.24 bits per heavy atom. The second-order valence-electron chi connectivity index (χ2n) is 3.45. The molecule has 0 bridgehead atoms. The highest BCUT2D eigenvalue weighted by molar-refractivity contribution is 9.10. The molecule has 0 amide bonds. The topological polar surface area (TPSA) is 22.1 Å². The molecule has 5 heteroatoms. The molecule has 0 N–H and O–H groups in total. The lowest BCUT2D eigenvalue weighted by atomic mass is 10.3. The van der Waals surface area contributed by atoms with Crippen molar-refractivity contribution in [2.24, 2.45) is 0 Å². The maximum absolute atomic E-state index is 13.3. The second kappa shape index (κ2) is 4.79. The van der Waals surface area contributed by atoms with E-state index in [0.717, 1.165) is 28.2 Å². The zero-order valence-electron chi connectivity index (χ0n) is 8.88. The van der Waals surface area contributed by atoms with Gasteiger partial charge in [0, 0.05) is 22.8 Å². The van der Waals surface area contributed by atoms with Crippen LogP contribution in [0.25, 0.3) is 0 Å². The maximum Gasteiger partial charge on any atom is 0.219 e. The van der Waals surface area contributed by atoms with E-state index >= 15 is 0 Å². The van der Waals surface area contributed by atoms with Gasteiger partial charge < -0.3 is 4.74 Å². The van der Waals surface area contributed by atoms with Crippen LogP contribution in [0.1, 0.15) is 5.56 Å². The van der Waals surface area contributed by atoms with Gasteiger partial charge in [0.25, 0.3) is 0 Å². The highest BCUT2D eigenvalue weighted by Crippen LogP contribution is 2.26.